The van der Waals surface area contributed by atoms with Crippen molar-refractivity contribution in [3.05, 3.63) is 63.1 Å². The van der Waals surface area contributed by atoms with Gasteiger partial charge in [-0.05, 0) is 36.8 Å². The van der Waals surface area contributed by atoms with Crippen molar-refractivity contribution in [1.82, 2.24) is 19.7 Å². The molecule has 3 heterocycles. The van der Waals surface area contributed by atoms with Gasteiger partial charge in [0.15, 0.2) is 5.82 Å². The number of hydrogen-bond donors (Lipinski definition) is 0. The molecule has 0 N–H and O–H groups in total. The van der Waals surface area contributed by atoms with Crippen molar-refractivity contribution < 1.29 is 22.3 Å². The van der Waals surface area contributed by atoms with E-state index in [1.54, 1.807) is 12.1 Å². The van der Waals surface area contributed by atoms with E-state index in [4.69, 9.17) is 20.8 Å². The fourth-order valence-electron chi connectivity index (χ4n) is 2.93. The molecule has 0 bridgehead atoms. The second-order valence-corrected chi connectivity index (χ2v) is 6.69. The number of alkyl halides is 3. The lowest BCUT2D eigenvalue weighted by atomic mass is 10.1. The summed E-state index contributed by atoms with van der Waals surface area (Å²) in [6.45, 7) is 1.43. The molecule has 30 heavy (non-hydrogen) atoms. The summed E-state index contributed by atoms with van der Waals surface area (Å²) in [5, 5.41) is 4.20. The van der Waals surface area contributed by atoms with E-state index in [2.05, 4.69) is 15.1 Å². The molecule has 4 rings (SSSR count). The topological polar surface area (TPSA) is 83.0 Å². The van der Waals surface area contributed by atoms with Crippen molar-refractivity contribution >= 4 is 22.5 Å². The number of aromatic nitrogens is 4. The minimum absolute atomic E-state index is 0.0769. The second-order valence-electron chi connectivity index (χ2n) is 6.29. The molecule has 0 aliphatic heterocycles. The van der Waals surface area contributed by atoms with Crippen LogP contribution in [0.4, 0.5) is 13.2 Å². The van der Waals surface area contributed by atoms with Crippen LogP contribution in [0.2, 0.25) is 5.02 Å². The molecule has 0 atom stereocenters. The third kappa shape index (κ3) is 3.39. The predicted molar refractivity (Wildman–Crippen MR) is 102 cm³/mol. The molecule has 4 aromatic rings. The third-order valence-electron chi connectivity index (χ3n) is 4.31. The highest BCUT2D eigenvalue weighted by Crippen LogP contribution is 2.33. The van der Waals surface area contributed by atoms with E-state index in [0.717, 1.165) is 12.1 Å². The Bertz CT molecular complexity index is 1330. The maximum atomic E-state index is 13.1. The zero-order chi connectivity index (χ0) is 21.6. The van der Waals surface area contributed by atoms with Crippen LogP contribution in [0.1, 0.15) is 11.1 Å². The Kier molecular flexibility index (Phi) is 4.73. The summed E-state index contributed by atoms with van der Waals surface area (Å²) in [7, 11) is 1.39. The van der Waals surface area contributed by atoms with E-state index in [0.29, 0.717) is 0 Å². The first-order valence-corrected chi connectivity index (χ1v) is 8.85. The van der Waals surface area contributed by atoms with E-state index in [1.165, 1.54) is 31.0 Å². The SMILES string of the molecule is COc1cc(-c2nc3c(C)cc(C(F)(F)F)cc3c(=O)o2)n(-c2ncccc2Cl)n1. The largest absolute Gasteiger partial charge is 0.480 e. The monoisotopic (exact) mass is 436 g/mol. The van der Waals surface area contributed by atoms with Crippen molar-refractivity contribution in [3.63, 3.8) is 0 Å². The van der Waals surface area contributed by atoms with Crippen LogP contribution in [0.3, 0.4) is 0 Å². The molecule has 0 aliphatic carbocycles. The summed E-state index contributed by atoms with van der Waals surface area (Å²) in [4.78, 5) is 21.0. The molecule has 0 spiro atoms. The summed E-state index contributed by atoms with van der Waals surface area (Å²) < 4.78 is 50.9. The molecule has 1 aromatic carbocycles. The van der Waals surface area contributed by atoms with Crippen molar-refractivity contribution in [2.24, 2.45) is 0 Å². The van der Waals surface area contributed by atoms with Crippen LogP contribution in [-0.4, -0.2) is 26.9 Å². The molecule has 0 amide bonds. The molecular weight excluding hydrogens is 425 g/mol. The molecule has 154 valence electrons. The third-order valence-corrected chi connectivity index (χ3v) is 4.60. The quantitative estimate of drug-likeness (QED) is 0.472. The van der Waals surface area contributed by atoms with Gasteiger partial charge in [0.1, 0.15) is 5.69 Å². The average molecular weight is 437 g/mol. The number of ether oxygens (including phenoxy) is 1. The molecule has 0 fully saturated rings. The van der Waals surface area contributed by atoms with Crippen LogP contribution >= 0.6 is 11.6 Å². The molecule has 11 heteroatoms. The highest BCUT2D eigenvalue weighted by Gasteiger charge is 2.32. The van der Waals surface area contributed by atoms with Crippen molar-refractivity contribution in [1.29, 1.82) is 0 Å². The van der Waals surface area contributed by atoms with Gasteiger partial charge in [-0.1, -0.05) is 11.6 Å². The van der Waals surface area contributed by atoms with E-state index in [-0.39, 0.29) is 44.8 Å². The molecule has 7 nitrogen and oxygen atoms in total. The van der Waals surface area contributed by atoms with Gasteiger partial charge in [0.2, 0.25) is 11.8 Å². The number of nitrogens with zero attached hydrogens (tertiary/aromatic N) is 4. The molecule has 0 unspecified atom stereocenters. The smallest absolute Gasteiger partial charge is 0.416 e. The lowest BCUT2D eigenvalue weighted by molar-refractivity contribution is -0.137. The van der Waals surface area contributed by atoms with Gasteiger partial charge >= 0.3 is 11.8 Å². The molecule has 0 saturated heterocycles. The number of methoxy groups -OCH3 is 1. The summed E-state index contributed by atoms with van der Waals surface area (Å²) >= 11 is 6.20. The molecule has 0 aliphatic rings. The van der Waals surface area contributed by atoms with Crippen LogP contribution in [-0.2, 0) is 6.18 Å². The average Bonchev–Trinajstić information content (AvgIpc) is 3.12. The molecule has 0 saturated carbocycles. The Morgan fingerprint density at radius 3 is 2.67 bits per heavy atom. The summed E-state index contributed by atoms with van der Waals surface area (Å²) in [6, 6.07) is 6.31. The maximum Gasteiger partial charge on any atom is 0.416 e. The molecular formula is C19H12ClF3N4O3. The number of pyridine rings is 1. The van der Waals surface area contributed by atoms with Crippen LogP contribution in [0.5, 0.6) is 5.88 Å². The van der Waals surface area contributed by atoms with E-state index in [9.17, 15) is 18.0 Å². The number of benzene rings is 1. The highest BCUT2D eigenvalue weighted by atomic mass is 35.5. The van der Waals surface area contributed by atoms with E-state index >= 15 is 0 Å². The molecule has 3 aromatic heterocycles. The van der Waals surface area contributed by atoms with Gasteiger partial charge in [-0.2, -0.15) is 13.2 Å². The van der Waals surface area contributed by atoms with E-state index < -0.39 is 17.4 Å². The Hall–Kier alpha value is -3.40. The Labute approximate surface area is 171 Å². The Morgan fingerprint density at radius 2 is 2.00 bits per heavy atom. The van der Waals surface area contributed by atoms with Crippen LogP contribution < -0.4 is 10.4 Å². The van der Waals surface area contributed by atoms with Crippen LogP contribution in [0.15, 0.2) is 45.7 Å². The van der Waals surface area contributed by atoms with Crippen molar-refractivity contribution in [2.75, 3.05) is 7.11 Å². The second kappa shape index (κ2) is 7.13. The maximum absolute atomic E-state index is 13.1. The lowest BCUT2D eigenvalue weighted by Gasteiger charge is -2.10. The van der Waals surface area contributed by atoms with Gasteiger partial charge in [-0.25, -0.2) is 19.4 Å². The van der Waals surface area contributed by atoms with E-state index in [1.807, 2.05) is 0 Å². The minimum atomic E-state index is -4.61. The molecule has 0 radical (unpaired) electrons. The van der Waals surface area contributed by atoms with Crippen LogP contribution in [0, 0.1) is 6.92 Å². The zero-order valence-corrected chi connectivity index (χ0v) is 16.2. The first-order chi connectivity index (χ1) is 14.2. The van der Waals surface area contributed by atoms with Gasteiger partial charge in [0, 0.05) is 12.3 Å². The van der Waals surface area contributed by atoms with Gasteiger partial charge in [0.05, 0.1) is 28.6 Å². The first-order valence-electron chi connectivity index (χ1n) is 8.47. The number of fused-ring (bicyclic) bond motifs is 1. The predicted octanol–water partition coefficient (Wildman–Crippen LogP) is 4.42. The minimum Gasteiger partial charge on any atom is -0.480 e. The zero-order valence-electron chi connectivity index (χ0n) is 15.5. The van der Waals surface area contributed by atoms with Gasteiger partial charge in [-0.3, -0.25) is 0 Å². The number of halogens is 4. The van der Waals surface area contributed by atoms with Crippen molar-refractivity contribution in [3.8, 4) is 23.3 Å². The van der Waals surface area contributed by atoms with Gasteiger partial charge < -0.3 is 9.15 Å². The number of hydrogen-bond acceptors (Lipinski definition) is 6. The van der Waals surface area contributed by atoms with Gasteiger partial charge in [0.25, 0.3) is 0 Å². The summed E-state index contributed by atoms with van der Waals surface area (Å²) in [5.74, 6) is 0.222. The standard InChI is InChI=1S/C19H12ClF3N4O3/c1-9-6-10(19(21,22)23)7-11-15(9)25-17(30-18(11)28)13-8-14(29-2)26-27(13)16-12(20)4-3-5-24-16/h3-8H,1-2H3. The van der Waals surface area contributed by atoms with Crippen LogP contribution in [0.25, 0.3) is 28.3 Å². The summed E-state index contributed by atoms with van der Waals surface area (Å²) in [6.07, 6.45) is -3.11. The fourth-order valence-corrected chi connectivity index (χ4v) is 3.13. The fraction of sp³-hybridized carbons (Fsp3) is 0.158. The summed E-state index contributed by atoms with van der Waals surface area (Å²) in [5.41, 5.74) is -1.49. The Balaban J connectivity index is 1.97. The highest BCUT2D eigenvalue weighted by molar-refractivity contribution is 6.32. The van der Waals surface area contributed by atoms with Gasteiger partial charge in [-0.15, -0.1) is 5.10 Å². The number of aryl methyl sites for hydroxylation is 1. The first kappa shape index (κ1) is 19.9. The normalized spacial score (nSPS) is 11.8. The lowest BCUT2D eigenvalue weighted by Crippen LogP contribution is -2.11. The van der Waals surface area contributed by atoms with Crippen molar-refractivity contribution in [2.45, 2.75) is 13.1 Å². The number of rotatable bonds is 3. The Morgan fingerprint density at radius 1 is 1.23 bits per heavy atom.